The minimum Gasteiger partial charge on any atom is -0.489 e. The Labute approximate surface area is 106 Å². The van der Waals surface area contributed by atoms with E-state index < -0.39 is 0 Å². The maximum atomic E-state index is 5.61. The van der Waals surface area contributed by atoms with Crippen LogP contribution < -0.4 is 16.0 Å². The summed E-state index contributed by atoms with van der Waals surface area (Å²) < 4.78 is 5.61. The number of aromatic nitrogens is 3. The number of nitrogens with one attached hydrogen (secondary N) is 2. The molecule has 0 aliphatic carbocycles. The Kier molecular flexibility index (Phi) is 3.91. The highest BCUT2D eigenvalue weighted by atomic mass is 16.5. The van der Waals surface area contributed by atoms with Gasteiger partial charge in [0.2, 0.25) is 0 Å². The first kappa shape index (κ1) is 12.5. The first-order valence-electron chi connectivity index (χ1n) is 5.77. The van der Waals surface area contributed by atoms with E-state index in [1.54, 1.807) is 24.8 Å². The van der Waals surface area contributed by atoms with E-state index in [1.807, 2.05) is 19.9 Å². The summed E-state index contributed by atoms with van der Waals surface area (Å²) >= 11 is 0. The highest BCUT2D eigenvalue weighted by Crippen LogP contribution is 2.21. The fraction of sp³-hybridized carbons (Fsp3) is 0.333. The van der Waals surface area contributed by atoms with Gasteiger partial charge in [0.15, 0.2) is 0 Å². The molecule has 0 saturated heterocycles. The van der Waals surface area contributed by atoms with Crippen LogP contribution in [-0.2, 0) is 0 Å². The molecule has 0 saturated carbocycles. The Balaban J connectivity index is 2.26. The largest absolute Gasteiger partial charge is 0.489 e. The molecule has 1 unspecified atom stereocenters. The predicted molar refractivity (Wildman–Crippen MR) is 67.8 cm³/mol. The third kappa shape index (κ3) is 2.85. The summed E-state index contributed by atoms with van der Waals surface area (Å²) in [4.78, 5) is 11.4. The zero-order valence-corrected chi connectivity index (χ0v) is 10.4. The summed E-state index contributed by atoms with van der Waals surface area (Å²) in [7, 11) is 0. The number of aromatic amines is 1. The van der Waals surface area contributed by atoms with Gasteiger partial charge in [-0.3, -0.25) is 10.8 Å². The summed E-state index contributed by atoms with van der Waals surface area (Å²) in [6, 6.07) is 1.67. The van der Waals surface area contributed by atoms with Crippen molar-refractivity contribution in [1.82, 2.24) is 20.4 Å². The van der Waals surface area contributed by atoms with E-state index in [1.165, 1.54) is 0 Å². The molecule has 6 heteroatoms. The molecule has 0 fully saturated rings. The van der Waals surface area contributed by atoms with E-state index in [2.05, 4.69) is 20.4 Å². The third-order valence-electron chi connectivity index (χ3n) is 2.40. The van der Waals surface area contributed by atoms with E-state index in [0.29, 0.717) is 5.75 Å². The van der Waals surface area contributed by atoms with Crippen LogP contribution >= 0.6 is 0 Å². The van der Waals surface area contributed by atoms with Gasteiger partial charge in [-0.15, -0.1) is 0 Å². The molecule has 2 rings (SSSR count). The van der Waals surface area contributed by atoms with Crippen LogP contribution in [0.2, 0.25) is 0 Å². The summed E-state index contributed by atoms with van der Waals surface area (Å²) in [6.45, 7) is 3.94. The van der Waals surface area contributed by atoms with Gasteiger partial charge in [0.05, 0.1) is 12.3 Å². The predicted octanol–water partition coefficient (Wildman–Crippen LogP) is 1.14. The second-order valence-corrected chi connectivity index (χ2v) is 4.19. The SMILES string of the molecule is CC(C)Oc1cncc(C(NN)c2ncc[nH]2)c1. The zero-order valence-electron chi connectivity index (χ0n) is 10.4. The van der Waals surface area contributed by atoms with Gasteiger partial charge in [-0.2, -0.15) is 0 Å². The monoisotopic (exact) mass is 247 g/mol. The van der Waals surface area contributed by atoms with Crippen molar-refractivity contribution in [2.45, 2.75) is 26.0 Å². The maximum Gasteiger partial charge on any atom is 0.138 e. The van der Waals surface area contributed by atoms with Crippen LogP contribution in [0.4, 0.5) is 0 Å². The Morgan fingerprint density at radius 1 is 1.39 bits per heavy atom. The zero-order chi connectivity index (χ0) is 13.0. The lowest BCUT2D eigenvalue weighted by atomic mass is 10.1. The highest BCUT2D eigenvalue weighted by molar-refractivity contribution is 5.29. The molecule has 2 aromatic heterocycles. The van der Waals surface area contributed by atoms with E-state index in [9.17, 15) is 0 Å². The molecule has 0 aliphatic heterocycles. The molecule has 18 heavy (non-hydrogen) atoms. The van der Waals surface area contributed by atoms with Gasteiger partial charge in [0, 0.05) is 18.6 Å². The number of H-pyrrole nitrogens is 1. The van der Waals surface area contributed by atoms with Crippen molar-refractivity contribution in [3.05, 3.63) is 42.2 Å². The van der Waals surface area contributed by atoms with Crippen LogP contribution in [0, 0.1) is 0 Å². The lowest BCUT2D eigenvalue weighted by molar-refractivity contribution is 0.241. The molecule has 4 N–H and O–H groups in total. The summed E-state index contributed by atoms with van der Waals surface area (Å²) in [5, 5.41) is 0. The fourth-order valence-corrected chi connectivity index (χ4v) is 1.70. The first-order chi connectivity index (χ1) is 8.70. The van der Waals surface area contributed by atoms with Crippen LogP contribution in [0.15, 0.2) is 30.9 Å². The lowest BCUT2D eigenvalue weighted by Gasteiger charge is -2.15. The van der Waals surface area contributed by atoms with E-state index in [0.717, 1.165) is 11.4 Å². The Hall–Kier alpha value is -1.92. The topological polar surface area (TPSA) is 88.8 Å². The van der Waals surface area contributed by atoms with Crippen molar-refractivity contribution in [3.8, 4) is 5.75 Å². The molecule has 0 radical (unpaired) electrons. The van der Waals surface area contributed by atoms with E-state index in [4.69, 9.17) is 10.6 Å². The molecule has 96 valence electrons. The Morgan fingerprint density at radius 2 is 2.22 bits per heavy atom. The number of hydrazine groups is 1. The number of imidazole rings is 1. The molecule has 0 aromatic carbocycles. The number of hydrogen-bond acceptors (Lipinski definition) is 5. The minimum absolute atomic E-state index is 0.106. The molecule has 2 aromatic rings. The van der Waals surface area contributed by atoms with Crippen molar-refractivity contribution in [2.75, 3.05) is 0 Å². The Morgan fingerprint density at radius 3 is 2.83 bits per heavy atom. The van der Waals surface area contributed by atoms with Crippen LogP contribution in [0.3, 0.4) is 0 Å². The standard InChI is InChI=1S/C12H17N5O/c1-8(2)18-10-5-9(6-14-7-10)11(17-13)12-15-3-4-16-12/h3-8,11,17H,13H2,1-2H3,(H,15,16). The number of ether oxygens (including phenoxy) is 1. The summed E-state index contributed by atoms with van der Waals surface area (Å²) in [5.74, 6) is 7.02. The van der Waals surface area contributed by atoms with E-state index in [-0.39, 0.29) is 12.1 Å². The van der Waals surface area contributed by atoms with Gasteiger partial charge in [0.25, 0.3) is 0 Å². The van der Waals surface area contributed by atoms with Crippen molar-refractivity contribution in [1.29, 1.82) is 0 Å². The van der Waals surface area contributed by atoms with Crippen molar-refractivity contribution in [3.63, 3.8) is 0 Å². The number of hydrogen-bond donors (Lipinski definition) is 3. The number of rotatable bonds is 5. The van der Waals surface area contributed by atoms with Crippen LogP contribution in [-0.4, -0.2) is 21.1 Å². The lowest BCUT2D eigenvalue weighted by Crippen LogP contribution is -2.29. The molecule has 0 amide bonds. The van der Waals surface area contributed by atoms with Crippen LogP contribution in [0.5, 0.6) is 5.75 Å². The van der Waals surface area contributed by atoms with Crippen LogP contribution in [0.1, 0.15) is 31.3 Å². The molecular formula is C12H17N5O. The summed E-state index contributed by atoms with van der Waals surface area (Å²) in [6.07, 6.45) is 6.96. The average Bonchev–Trinajstić information content (AvgIpc) is 2.83. The highest BCUT2D eigenvalue weighted by Gasteiger charge is 2.15. The van der Waals surface area contributed by atoms with Crippen molar-refractivity contribution < 1.29 is 4.74 Å². The first-order valence-corrected chi connectivity index (χ1v) is 5.77. The maximum absolute atomic E-state index is 5.61. The van der Waals surface area contributed by atoms with Crippen molar-refractivity contribution >= 4 is 0 Å². The normalized spacial score (nSPS) is 12.7. The fourth-order valence-electron chi connectivity index (χ4n) is 1.70. The number of pyridine rings is 1. The molecule has 0 bridgehead atoms. The third-order valence-corrected chi connectivity index (χ3v) is 2.40. The smallest absolute Gasteiger partial charge is 0.138 e. The van der Waals surface area contributed by atoms with Crippen LogP contribution in [0.25, 0.3) is 0 Å². The molecule has 2 heterocycles. The molecule has 6 nitrogen and oxygen atoms in total. The minimum atomic E-state index is -0.233. The molecule has 1 atom stereocenters. The molecule has 0 spiro atoms. The number of nitrogens with two attached hydrogens (primary N) is 1. The van der Waals surface area contributed by atoms with Gasteiger partial charge in [-0.25, -0.2) is 10.4 Å². The molecule has 0 aliphatic rings. The number of nitrogens with zero attached hydrogens (tertiary/aromatic N) is 2. The summed E-state index contributed by atoms with van der Waals surface area (Å²) in [5.41, 5.74) is 3.61. The Bertz CT molecular complexity index is 483. The average molecular weight is 247 g/mol. The van der Waals surface area contributed by atoms with Gasteiger partial charge in [0.1, 0.15) is 17.6 Å². The van der Waals surface area contributed by atoms with Gasteiger partial charge < -0.3 is 9.72 Å². The molecular weight excluding hydrogens is 230 g/mol. The quantitative estimate of drug-likeness (QED) is 0.544. The van der Waals surface area contributed by atoms with Gasteiger partial charge >= 0.3 is 0 Å². The second-order valence-electron chi connectivity index (χ2n) is 4.19. The van der Waals surface area contributed by atoms with Gasteiger partial charge in [-0.1, -0.05) is 0 Å². The second kappa shape index (κ2) is 5.61. The van der Waals surface area contributed by atoms with Crippen molar-refractivity contribution in [2.24, 2.45) is 5.84 Å². The van der Waals surface area contributed by atoms with Gasteiger partial charge in [-0.05, 0) is 25.5 Å². The van der Waals surface area contributed by atoms with E-state index >= 15 is 0 Å².